The van der Waals surface area contributed by atoms with Crippen molar-refractivity contribution in [3.8, 4) is 0 Å². The van der Waals surface area contributed by atoms with Gasteiger partial charge in [0.05, 0.1) is 26.4 Å². The second-order valence-electron chi connectivity index (χ2n) is 2.23. The van der Waals surface area contributed by atoms with Gasteiger partial charge in [0.2, 0.25) is 0 Å². The van der Waals surface area contributed by atoms with E-state index in [2.05, 4.69) is 0 Å². The van der Waals surface area contributed by atoms with Gasteiger partial charge in [-0.05, 0) is 0 Å². The Balaban J connectivity index is 3.34. The van der Waals surface area contributed by atoms with Gasteiger partial charge in [0.1, 0.15) is 0 Å². The predicted molar refractivity (Wildman–Crippen MR) is 53.1 cm³/mol. The number of thiocarbonyl (C=S) groups is 1. The standard InChI is InChI=1S/C8H16O4S/c1-9-3-5-11-8(7-13)12-6-4-10-2/h7-8H,3-6H2,1-2H3. The quantitative estimate of drug-likeness (QED) is 0.316. The maximum atomic E-state index is 5.22. The summed E-state index contributed by atoms with van der Waals surface area (Å²) in [5, 5.41) is 1.44. The van der Waals surface area contributed by atoms with Crippen LogP contribution in [-0.2, 0) is 18.9 Å². The smallest absolute Gasteiger partial charge is 0.187 e. The van der Waals surface area contributed by atoms with E-state index in [9.17, 15) is 0 Å². The first-order valence-electron chi connectivity index (χ1n) is 4.01. The molecule has 0 aromatic carbocycles. The molecule has 0 amide bonds. The third-order valence-electron chi connectivity index (χ3n) is 1.25. The van der Waals surface area contributed by atoms with E-state index in [1.54, 1.807) is 14.2 Å². The van der Waals surface area contributed by atoms with E-state index in [1.165, 1.54) is 5.37 Å². The second-order valence-corrected chi connectivity index (χ2v) is 2.50. The van der Waals surface area contributed by atoms with Crippen LogP contribution in [0, 0.1) is 0 Å². The molecular weight excluding hydrogens is 192 g/mol. The average Bonchev–Trinajstić information content (AvgIpc) is 2.16. The molecule has 0 aromatic heterocycles. The maximum Gasteiger partial charge on any atom is 0.187 e. The topological polar surface area (TPSA) is 36.9 Å². The number of methoxy groups -OCH3 is 2. The van der Waals surface area contributed by atoms with Gasteiger partial charge >= 0.3 is 0 Å². The molecule has 0 fully saturated rings. The number of rotatable bonds is 9. The molecule has 0 N–H and O–H groups in total. The van der Waals surface area contributed by atoms with Crippen LogP contribution in [0.4, 0.5) is 0 Å². The van der Waals surface area contributed by atoms with Crippen molar-refractivity contribution in [2.45, 2.75) is 6.29 Å². The third kappa shape index (κ3) is 8.27. The summed E-state index contributed by atoms with van der Waals surface area (Å²) in [4.78, 5) is 0. The fourth-order valence-electron chi connectivity index (χ4n) is 0.622. The molecule has 0 aliphatic rings. The Morgan fingerprint density at radius 3 is 1.77 bits per heavy atom. The molecular formula is C8H16O4S. The fraction of sp³-hybridized carbons (Fsp3) is 0.875. The van der Waals surface area contributed by atoms with Crippen molar-refractivity contribution in [3.05, 3.63) is 0 Å². The summed E-state index contributed by atoms with van der Waals surface area (Å²) in [6.45, 7) is 2.02. The van der Waals surface area contributed by atoms with Crippen LogP contribution >= 0.6 is 12.2 Å². The van der Waals surface area contributed by atoms with E-state index in [4.69, 9.17) is 31.2 Å². The largest absolute Gasteiger partial charge is 0.382 e. The van der Waals surface area contributed by atoms with Crippen LogP contribution in [-0.4, -0.2) is 52.3 Å². The number of ether oxygens (including phenoxy) is 4. The monoisotopic (exact) mass is 208 g/mol. The second kappa shape index (κ2) is 10.0. The number of hydrogen-bond acceptors (Lipinski definition) is 5. The van der Waals surface area contributed by atoms with Gasteiger partial charge in [-0.1, -0.05) is 12.2 Å². The first kappa shape index (κ1) is 12.9. The van der Waals surface area contributed by atoms with Crippen molar-refractivity contribution < 1.29 is 18.9 Å². The van der Waals surface area contributed by atoms with Gasteiger partial charge in [-0.3, -0.25) is 0 Å². The summed E-state index contributed by atoms with van der Waals surface area (Å²) in [6.07, 6.45) is -0.444. The highest BCUT2D eigenvalue weighted by Crippen LogP contribution is 1.92. The van der Waals surface area contributed by atoms with Crippen LogP contribution in [0.1, 0.15) is 0 Å². The molecule has 0 aliphatic heterocycles. The minimum absolute atomic E-state index is 0.444. The zero-order valence-electron chi connectivity index (χ0n) is 8.02. The van der Waals surface area contributed by atoms with Crippen LogP contribution in [0.5, 0.6) is 0 Å². The third-order valence-corrected chi connectivity index (χ3v) is 1.47. The first-order chi connectivity index (χ1) is 6.35. The van der Waals surface area contributed by atoms with Gasteiger partial charge in [0.15, 0.2) is 6.29 Å². The molecule has 0 heterocycles. The summed E-state index contributed by atoms with van der Waals surface area (Å²) in [5.41, 5.74) is 0. The van der Waals surface area contributed by atoms with E-state index >= 15 is 0 Å². The van der Waals surface area contributed by atoms with Crippen molar-refractivity contribution in [3.63, 3.8) is 0 Å². The minimum Gasteiger partial charge on any atom is -0.382 e. The van der Waals surface area contributed by atoms with Crippen LogP contribution < -0.4 is 0 Å². The van der Waals surface area contributed by atoms with Crippen LogP contribution in [0.25, 0.3) is 0 Å². The fourth-order valence-corrected chi connectivity index (χ4v) is 0.779. The molecule has 78 valence electrons. The minimum atomic E-state index is -0.444. The van der Waals surface area contributed by atoms with E-state index < -0.39 is 6.29 Å². The Labute approximate surface area is 84.1 Å². The highest BCUT2D eigenvalue weighted by molar-refractivity contribution is 7.79. The molecule has 0 aromatic rings. The van der Waals surface area contributed by atoms with Crippen molar-refractivity contribution in [2.24, 2.45) is 0 Å². The lowest BCUT2D eigenvalue weighted by atomic mass is 10.7. The molecule has 0 bridgehead atoms. The Hall–Kier alpha value is -0.0700. The van der Waals surface area contributed by atoms with E-state index in [-0.39, 0.29) is 0 Å². The zero-order valence-corrected chi connectivity index (χ0v) is 8.84. The summed E-state index contributed by atoms with van der Waals surface area (Å²) in [5.74, 6) is 0. The van der Waals surface area contributed by atoms with Gasteiger partial charge < -0.3 is 18.9 Å². The SMILES string of the molecule is COCCOC(C=S)OCCOC. The van der Waals surface area contributed by atoms with E-state index in [0.717, 1.165) is 0 Å². The van der Waals surface area contributed by atoms with Crippen LogP contribution in [0.2, 0.25) is 0 Å². The Morgan fingerprint density at radius 2 is 1.46 bits per heavy atom. The van der Waals surface area contributed by atoms with Crippen molar-refractivity contribution in [2.75, 3.05) is 40.6 Å². The van der Waals surface area contributed by atoms with Crippen LogP contribution in [0.15, 0.2) is 0 Å². The van der Waals surface area contributed by atoms with Crippen molar-refractivity contribution >= 4 is 17.6 Å². The Morgan fingerprint density at radius 1 is 1.00 bits per heavy atom. The lowest BCUT2D eigenvalue weighted by Crippen LogP contribution is -2.22. The molecule has 0 rings (SSSR count). The van der Waals surface area contributed by atoms with Crippen LogP contribution in [0.3, 0.4) is 0 Å². The van der Waals surface area contributed by atoms with Gasteiger partial charge in [0, 0.05) is 19.6 Å². The van der Waals surface area contributed by atoms with Gasteiger partial charge in [-0.2, -0.15) is 0 Å². The zero-order chi connectivity index (χ0) is 9.94. The highest BCUT2D eigenvalue weighted by Gasteiger charge is 2.03. The van der Waals surface area contributed by atoms with E-state index in [0.29, 0.717) is 26.4 Å². The molecule has 0 radical (unpaired) electrons. The van der Waals surface area contributed by atoms with Crippen molar-refractivity contribution in [1.29, 1.82) is 0 Å². The lowest BCUT2D eigenvalue weighted by molar-refractivity contribution is -0.111. The summed E-state index contributed by atoms with van der Waals surface area (Å²) >= 11 is 4.72. The molecule has 0 atom stereocenters. The molecule has 0 saturated heterocycles. The highest BCUT2D eigenvalue weighted by atomic mass is 32.1. The Kier molecular flexibility index (Phi) is 9.96. The summed E-state index contributed by atoms with van der Waals surface area (Å²) < 4.78 is 20.0. The van der Waals surface area contributed by atoms with E-state index in [1.807, 2.05) is 0 Å². The first-order valence-corrected chi connectivity index (χ1v) is 4.48. The molecule has 0 aliphatic carbocycles. The summed E-state index contributed by atoms with van der Waals surface area (Å²) in [6, 6.07) is 0. The van der Waals surface area contributed by atoms with Gasteiger partial charge in [-0.25, -0.2) is 0 Å². The Bertz CT molecular complexity index is 111. The summed E-state index contributed by atoms with van der Waals surface area (Å²) in [7, 11) is 3.23. The normalized spacial score (nSPS) is 10.7. The lowest BCUT2D eigenvalue weighted by Gasteiger charge is -2.13. The molecule has 4 nitrogen and oxygen atoms in total. The average molecular weight is 208 g/mol. The van der Waals surface area contributed by atoms with Crippen molar-refractivity contribution in [1.82, 2.24) is 0 Å². The predicted octanol–water partition coefficient (Wildman–Crippen LogP) is 0.638. The van der Waals surface area contributed by atoms with Gasteiger partial charge in [-0.15, -0.1) is 0 Å². The molecule has 0 saturated carbocycles. The molecule has 0 spiro atoms. The molecule has 13 heavy (non-hydrogen) atoms. The molecule has 5 heteroatoms. The maximum absolute atomic E-state index is 5.22. The van der Waals surface area contributed by atoms with Gasteiger partial charge in [0.25, 0.3) is 0 Å². The molecule has 0 unspecified atom stereocenters. The number of hydrogen-bond donors (Lipinski definition) is 0.